The molecule has 90 valence electrons. The summed E-state index contributed by atoms with van der Waals surface area (Å²) < 4.78 is 6.87. The third kappa shape index (κ3) is 2.09. The number of nitrogens with zero attached hydrogens (tertiary/aromatic N) is 3. The first-order chi connectivity index (χ1) is 8.25. The molecule has 1 saturated heterocycles. The van der Waals surface area contributed by atoms with Crippen LogP contribution in [0, 0.1) is 0 Å². The van der Waals surface area contributed by atoms with E-state index in [4.69, 9.17) is 4.74 Å². The number of aliphatic hydroxyl groups is 1. The fourth-order valence-electron chi connectivity index (χ4n) is 1.90. The van der Waals surface area contributed by atoms with Gasteiger partial charge in [-0.2, -0.15) is 5.10 Å². The molecule has 1 aliphatic heterocycles. The number of hydrogen-bond donors (Lipinski definition) is 2. The maximum Gasteiger partial charge on any atom is 0.157 e. The standard InChI is InChI=1S/C11H14N4O2/c16-11(3-6-17-8-11)7-12-9-2-5-15-10(14-9)1-4-13-15/h1-2,4-5,16H,3,6-8H2,(H,12,14). The molecule has 3 heterocycles. The highest BCUT2D eigenvalue weighted by molar-refractivity contribution is 5.45. The Hall–Kier alpha value is -1.66. The van der Waals surface area contributed by atoms with Gasteiger partial charge in [-0.25, -0.2) is 9.50 Å². The Bertz CT molecular complexity index is 519. The van der Waals surface area contributed by atoms with Gasteiger partial charge in [0.15, 0.2) is 5.65 Å². The number of anilines is 1. The largest absolute Gasteiger partial charge is 0.386 e. The van der Waals surface area contributed by atoms with Crippen LogP contribution in [0.25, 0.3) is 5.65 Å². The van der Waals surface area contributed by atoms with E-state index in [0.29, 0.717) is 26.2 Å². The smallest absolute Gasteiger partial charge is 0.157 e. The number of nitrogens with one attached hydrogen (secondary N) is 1. The summed E-state index contributed by atoms with van der Waals surface area (Å²) in [7, 11) is 0. The predicted octanol–water partition coefficient (Wildman–Crippen LogP) is 0.293. The molecular formula is C11H14N4O2. The first-order valence-electron chi connectivity index (χ1n) is 5.60. The van der Waals surface area contributed by atoms with E-state index in [1.807, 2.05) is 18.3 Å². The topological polar surface area (TPSA) is 71.7 Å². The van der Waals surface area contributed by atoms with E-state index in [1.165, 1.54) is 0 Å². The van der Waals surface area contributed by atoms with Crippen molar-refractivity contribution >= 4 is 11.5 Å². The van der Waals surface area contributed by atoms with Gasteiger partial charge in [-0.05, 0) is 6.07 Å². The van der Waals surface area contributed by atoms with Crippen molar-refractivity contribution in [2.75, 3.05) is 25.1 Å². The van der Waals surface area contributed by atoms with Crippen molar-refractivity contribution < 1.29 is 9.84 Å². The molecule has 0 bridgehead atoms. The van der Waals surface area contributed by atoms with Gasteiger partial charge < -0.3 is 15.2 Å². The Morgan fingerprint density at radius 2 is 2.47 bits per heavy atom. The van der Waals surface area contributed by atoms with Crippen LogP contribution in [0.1, 0.15) is 6.42 Å². The van der Waals surface area contributed by atoms with Crippen molar-refractivity contribution in [3.8, 4) is 0 Å². The van der Waals surface area contributed by atoms with Crippen molar-refractivity contribution in [3.63, 3.8) is 0 Å². The lowest BCUT2D eigenvalue weighted by molar-refractivity contribution is 0.0381. The lowest BCUT2D eigenvalue weighted by atomic mass is 10.0. The van der Waals surface area contributed by atoms with Crippen molar-refractivity contribution in [3.05, 3.63) is 24.5 Å². The van der Waals surface area contributed by atoms with Crippen LogP contribution < -0.4 is 5.32 Å². The molecule has 17 heavy (non-hydrogen) atoms. The van der Waals surface area contributed by atoms with E-state index in [9.17, 15) is 5.11 Å². The highest BCUT2D eigenvalue weighted by Gasteiger charge is 2.31. The van der Waals surface area contributed by atoms with Crippen molar-refractivity contribution in [1.82, 2.24) is 14.6 Å². The minimum absolute atomic E-state index is 0.384. The summed E-state index contributed by atoms with van der Waals surface area (Å²) in [6.45, 7) is 1.45. The highest BCUT2D eigenvalue weighted by Crippen LogP contribution is 2.18. The average molecular weight is 234 g/mol. The first kappa shape index (κ1) is 10.5. The molecule has 2 N–H and O–H groups in total. The van der Waals surface area contributed by atoms with E-state index < -0.39 is 5.60 Å². The van der Waals surface area contributed by atoms with Gasteiger partial charge in [0.25, 0.3) is 0 Å². The number of ether oxygens (including phenoxy) is 1. The van der Waals surface area contributed by atoms with E-state index in [-0.39, 0.29) is 0 Å². The zero-order valence-corrected chi connectivity index (χ0v) is 9.33. The minimum atomic E-state index is -0.770. The second kappa shape index (κ2) is 3.97. The van der Waals surface area contributed by atoms with Gasteiger partial charge in [-0.1, -0.05) is 0 Å². The van der Waals surface area contributed by atoms with Crippen molar-refractivity contribution in [2.45, 2.75) is 12.0 Å². The van der Waals surface area contributed by atoms with Crippen molar-refractivity contribution in [1.29, 1.82) is 0 Å². The molecule has 0 aliphatic carbocycles. The Morgan fingerprint density at radius 3 is 3.29 bits per heavy atom. The monoisotopic (exact) mass is 234 g/mol. The molecule has 6 heteroatoms. The third-order valence-electron chi connectivity index (χ3n) is 2.94. The molecule has 0 saturated carbocycles. The van der Waals surface area contributed by atoms with Gasteiger partial charge in [-0.3, -0.25) is 0 Å². The molecule has 0 radical (unpaired) electrons. The lowest BCUT2D eigenvalue weighted by Crippen LogP contribution is -2.37. The molecule has 1 fully saturated rings. The molecule has 2 aromatic rings. The fourth-order valence-corrected chi connectivity index (χ4v) is 1.90. The van der Waals surface area contributed by atoms with Crippen LogP contribution in [0.4, 0.5) is 5.82 Å². The van der Waals surface area contributed by atoms with Crippen molar-refractivity contribution in [2.24, 2.45) is 0 Å². The zero-order chi connectivity index (χ0) is 11.7. The van der Waals surface area contributed by atoms with Gasteiger partial charge in [0, 0.05) is 31.8 Å². The molecule has 0 amide bonds. The SMILES string of the molecule is OC1(CNc2ccn3nccc3n2)CCOC1. The van der Waals surface area contributed by atoms with E-state index in [1.54, 1.807) is 10.7 Å². The summed E-state index contributed by atoms with van der Waals surface area (Å²) in [5.41, 5.74) is 0.0123. The molecular weight excluding hydrogens is 220 g/mol. The van der Waals surface area contributed by atoms with E-state index >= 15 is 0 Å². The third-order valence-corrected chi connectivity index (χ3v) is 2.94. The second-order valence-electron chi connectivity index (χ2n) is 4.33. The molecule has 1 unspecified atom stereocenters. The van der Waals surface area contributed by atoms with E-state index in [0.717, 1.165) is 11.5 Å². The van der Waals surface area contributed by atoms with Gasteiger partial charge >= 0.3 is 0 Å². The van der Waals surface area contributed by atoms with Crippen LogP contribution in [-0.2, 0) is 4.74 Å². The number of hydrogen-bond acceptors (Lipinski definition) is 5. The Morgan fingerprint density at radius 1 is 1.53 bits per heavy atom. The Kier molecular flexibility index (Phi) is 2.45. The van der Waals surface area contributed by atoms with Crippen LogP contribution in [0.15, 0.2) is 24.5 Å². The summed E-state index contributed by atoms with van der Waals surface area (Å²) >= 11 is 0. The van der Waals surface area contributed by atoms with Gasteiger partial charge in [0.05, 0.1) is 12.8 Å². The Labute approximate surface area is 98.2 Å². The van der Waals surface area contributed by atoms with Crippen LogP contribution in [-0.4, -0.2) is 45.1 Å². The Balaban J connectivity index is 1.71. The number of rotatable bonds is 3. The summed E-state index contributed by atoms with van der Waals surface area (Å²) in [5.74, 6) is 0.735. The summed E-state index contributed by atoms with van der Waals surface area (Å²) in [4.78, 5) is 4.36. The molecule has 1 aliphatic rings. The van der Waals surface area contributed by atoms with Crippen LogP contribution in [0.3, 0.4) is 0 Å². The molecule has 1 atom stereocenters. The van der Waals surface area contributed by atoms with Gasteiger partial charge in [-0.15, -0.1) is 0 Å². The number of fused-ring (bicyclic) bond motifs is 1. The average Bonchev–Trinajstić information content (AvgIpc) is 2.95. The second-order valence-corrected chi connectivity index (χ2v) is 4.33. The first-order valence-corrected chi connectivity index (χ1v) is 5.60. The van der Waals surface area contributed by atoms with Gasteiger partial charge in [0.1, 0.15) is 11.4 Å². The molecule has 0 aromatic carbocycles. The summed E-state index contributed by atoms with van der Waals surface area (Å²) in [6.07, 6.45) is 4.19. The minimum Gasteiger partial charge on any atom is -0.386 e. The molecule has 0 spiro atoms. The maximum atomic E-state index is 10.1. The zero-order valence-electron chi connectivity index (χ0n) is 9.33. The van der Waals surface area contributed by atoms with E-state index in [2.05, 4.69) is 15.4 Å². The highest BCUT2D eigenvalue weighted by atomic mass is 16.5. The van der Waals surface area contributed by atoms with Gasteiger partial charge in [0.2, 0.25) is 0 Å². The molecule has 2 aromatic heterocycles. The lowest BCUT2D eigenvalue weighted by Gasteiger charge is -2.20. The quantitative estimate of drug-likeness (QED) is 0.798. The predicted molar refractivity (Wildman–Crippen MR) is 61.9 cm³/mol. The maximum absolute atomic E-state index is 10.1. The summed E-state index contributed by atoms with van der Waals surface area (Å²) in [6, 6.07) is 3.66. The normalized spacial score (nSPS) is 24.3. The van der Waals surface area contributed by atoms with Crippen LogP contribution in [0.5, 0.6) is 0 Å². The number of aromatic nitrogens is 3. The van der Waals surface area contributed by atoms with Crippen LogP contribution >= 0.6 is 0 Å². The fraction of sp³-hybridized carbons (Fsp3) is 0.455. The van der Waals surface area contributed by atoms with Crippen LogP contribution in [0.2, 0.25) is 0 Å². The molecule has 6 nitrogen and oxygen atoms in total. The summed E-state index contributed by atoms with van der Waals surface area (Å²) in [5, 5.41) is 17.3. The molecule has 3 rings (SSSR count).